The van der Waals surface area contributed by atoms with Crippen LogP contribution in [0.25, 0.3) is 0 Å². The van der Waals surface area contributed by atoms with E-state index in [0.29, 0.717) is 12.1 Å². The Morgan fingerprint density at radius 3 is 2.26 bits per heavy atom. The molecule has 0 saturated heterocycles. The molecule has 1 aromatic carbocycles. The number of hydrogen-bond donors (Lipinski definition) is 2. The zero-order valence-corrected chi connectivity index (χ0v) is 10.3. The van der Waals surface area contributed by atoms with Crippen molar-refractivity contribution in [2.45, 2.75) is 13.5 Å². The SMILES string of the molecule is CC(=O)NCCNC(=O)c1ccc(OC(F)F)cc1. The van der Waals surface area contributed by atoms with Crippen LogP contribution in [0.5, 0.6) is 5.75 Å². The van der Waals surface area contributed by atoms with Gasteiger partial charge in [0.15, 0.2) is 0 Å². The highest BCUT2D eigenvalue weighted by molar-refractivity contribution is 5.94. The molecule has 0 aromatic heterocycles. The van der Waals surface area contributed by atoms with Gasteiger partial charge >= 0.3 is 6.61 Å². The number of carbonyl (C=O) groups is 2. The quantitative estimate of drug-likeness (QED) is 0.763. The maximum atomic E-state index is 11.9. The molecule has 0 heterocycles. The molecule has 0 aliphatic carbocycles. The smallest absolute Gasteiger partial charge is 0.387 e. The van der Waals surface area contributed by atoms with E-state index in [1.165, 1.54) is 31.2 Å². The Hall–Kier alpha value is -2.18. The molecule has 0 bridgehead atoms. The fourth-order valence-electron chi connectivity index (χ4n) is 1.30. The van der Waals surface area contributed by atoms with Crippen LogP contribution in [0.15, 0.2) is 24.3 Å². The summed E-state index contributed by atoms with van der Waals surface area (Å²) < 4.78 is 28.0. The van der Waals surface area contributed by atoms with Crippen molar-refractivity contribution in [3.63, 3.8) is 0 Å². The summed E-state index contributed by atoms with van der Waals surface area (Å²) in [5, 5.41) is 5.10. The molecular weight excluding hydrogens is 258 g/mol. The van der Waals surface area contributed by atoms with Crippen molar-refractivity contribution in [3.8, 4) is 5.75 Å². The van der Waals surface area contributed by atoms with Crippen molar-refractivity contribution in [3.05, 3.63) is 29.8 Å². The molecule has 0 unspecified atom stereocenters. The van der Waals surface area contributed by atoms with Gasteiger partial charge in [-0.25, -0.2) is 0 Å². The molecule has 2 amide bonds. The third-order valence-electron chi connectivity index (χ3n) is 2.13. The number of carbonyl (C=O) groups excluding carboxylic acids is 2. The van der Waals surface area contributed by atoms with Crippen LogP contribution in [0.4, 0.5) is 8.78 Å². The molecule has 2 N–H and O–H groups in total. The van der Waals surface area contributed by atoms with Gasteiger partial charge in [-0.15, -0.1) is 0 Å². The van der Waals surface area contributed by atoms with Crippen molar-refractivity contribution >= 4 is 11.8 Å². The Bertz CT molecular complexity index is 435. The van der Waals surface area contributed by atoms with E-state index in [1.54, 1.807) is 0 Å². The number of hydrogen-bond acceptors (Lipinski definition) is 3. The van der Waals surface area contributed by atoms with E-state index in [-0.39, 0.29) is 24.1 Å². The first-order chi connectivity index (χ1) is 8.99. The lowest BCUT2D eigenvalue weighted by Gasteiger charge is -2.07. The summed E-state index contributed by atoms with van der Waals surface area (Å²) in [4.78, 5) is 22.2. The molecule has 19 heavy (non-hydrogen) atoms. The van der Waals surface area contributed by atoms with Gasteiger partial charge in [0, 0.05) is 25.6 Å². The van der Waals surface area contributed by atoms with Crippen molar-refractivity contribution in [2.75, 3.05) is 13.1 Å². The van der Waals surface area contributed by atoms with Crippen LogP contribution in [0.3, 0.4) is 0 Å². The third kappa shape index (κ3) is 5.80. The Morgan fingerprint density at radius 1 is 1.16 bits per heavy atom. The predicted octanol–water partition coefficient (Wildman–Crippen LogP) is 1.15. The summed E-state index contributed by atoms with van der Waals surface area (Å²) in [5.74, 6) is -0.540. The molecular formula is C12H14F2N2O3. The van der Waals surface area contributed by atoms with E-state index in [9.17, 15) is 18.4 Å². The first-order valence-corrected chi connectivity index (χ1v) is 5.56. The lowest BCUT2D eigenvalue weighted by atomic mass is 10.2. The van der Waals surface area contributed by atoms with E-state index in [1.807, 2.05) is 0 Å². The van der Waals surface area contributed by atoms with Crippen LogP contribution in [-0.4, -0.2) is 31.5 Å². The second-order valence-corrected chi connectivity index (χ2v) is 3.64. The van der Waals surface area contributed by atoms with E-state index in [0.717, 1.165) is 0 Å². The number of rotatable bonds is 6. The van der Waals surface area contributed by atoms with Crippen molar-refractivity contribution in [1.82, 2.24) is 10.6 Å². The highest BCUT2D eigenvalue weighted by Gasteiger charge is 2.07. The Morgan fingerprint density at radius 2 is 1.74 bits per heavy atom. The molecule has 5 nitrogen and oxygen atoms in total. The van der Waals surface area contributed by atoms with Crippen molar-refractivity contribution < 1.29 is 23.1 Å². The second-order valence-electron chi connectivity index (χ2n) is 3.64. The van der Waals surface area contributed by atoms with Gasteiger partial charge in [-0.1, -0.05) is 0 Å². The van der Waals surface area contributed by atoms with Crippen LogP contribution in [0, 0.1) is 0 Å². The standard InChI is InChI=1S/C12H14F2N2O3/c1-8(17)15-6-7-16-11(18)9-2-4-10(5-3-9)19-12(13)14/h2-5,12H,6-7H2,1H3,(H,15,17)(H,16,18). The predicted molar refractivity (Wildman–Crippen MR) is 64.1 cm³/mol. The average molecular weight is 272 g/mol. The van der Waals surface area contributed by atoms with Crippen LogP contribution in [-0.2, 0) is 4.79 Å². The summed E-state index contributed by atoms with van der Waals surface area (Å²) in [7, 11) is 0. The number of halogens is 2. The van der Waals surface area contributed by atoms with Gasteiger partial charge in [0.05, 0.1) is 0 Å². The average Bonchev–Trinajstić information content (AvgIpc) is 2.34. The van der Waals surface area contributed by atoms with Crippen LogP contribution >= 0.6 is 0 Å². The van der Waals surface area contributed by atoms with Crippen molar-refractivity contribution in [2.24, 2.45) is 0 Å². The minimum Gasteiger partial charge on any atom is -0.435 e. The molecule has 0 fully saturated rings. The normalized spacial score (nSPS) is 10.1. The number of alkyl halides is 2. The molecule has 0 atom stereocenters. The number of ether oxygens (including phenoxy) is 1. The molecule has 0 radical (unpaired) electrons. The van der Waals surface area contributed by atoms with Crippen LogP contribution in [0.2, 0.25) is 0 Å². The topological polar surface area (TPSA) is 67.4 Å². The van der Waals surface area contributed by atoms with Gasteiger partial charge < -0.3 is 15.4 Å². The second kappa shape index (κ2) is 7.30. The Balaban J connectivity index is 2.42. The largest absolute Gasteiger partial charge is 0.435 e. The molecule has 0 aliphatic heterocycles. The lowest BCUT2D eigenvalue weighted by molar-refractivity contribution is -0.118. The zero-order valence-electron chi connectivity index (χ0n) is 10.3. The zero-order chi connectivity index (χ0) is 14.3. The maximum Gasteiger partial charge on any atom is 0.387 e. The lowest BCUT2D eigenvalue weighted by Crippen LogP contribution is -2.33. The molecule has 0 spiro atoms. The number of amides is 2. The minimum atomic E-state index is -2.89. The van der Waals surface area contributed by atoms with Gasteiger partial charge in [0.1, 0.15) is 5.75 Å². The minimum absolute atomic E-state index is 0.00945. The first kappa shape index (κ1) is 14.9. The molecule has 7 heteroatoms. The molecule has 1 rings (SSSR count). The fraction of sp³-hybridized carbons (Fsp3) is 0.333. The molecule has 1 aromatic rings. The highest BCUT2D eigenvalue weighted by Crippen LogP contribution is 2.14. The monoisotopic (exact) mass is 272 g/mol. The van der Waals surface area contributed by atoms with Gasteiger partial charge in [0.2, 0.25) is 5.91 Å². The van der Waals surface area contributed by atoms with E-state index >= 15 is 0 Å². The van der Waals surface area contributed by atoms with Gasteiger partial charge in [-0.3, -0.25) is 9.59 Å². The van der Waals surface area contributed by atoms with Crippen LogP contribution in [0.1, 0.15) is 17.3 Å². The Kier molecular flexibility index (Phi) is 5.72. The Labute approximate surface area is 108 Å². The number of benzene rings is 1. The summed E-state index contributed by atoms with van der Waals surface area (Å²) in [6.07, 6.45) is 0. The summed E-state index contributed by atoms with van der Waals surface area (Å²) in [6.45, 7) is -0.900. The van der Waals surface area contributed by atoms with Crippen molar-refractivity contribution in [1.29, 1.82) is 0 Å². The molecule has 0 saturated carbocycles. The van der Waals surface area contributed by atoms with Gasteiger partial charge in [0.25, 0.3) is 5.91 Å². The van der Waals surface area contributed by atoms with Gasteiger partial charge in [-0.05, 0) is 24.3 Å². The first-order valence-electron chi connectivity index (χ1n) is 5.56. The van der Waals surface area contributed by atoms with E-state index < -0.39 is 6.61 Å². The molecule has 104 valence electrons. The van der Waals surface area contributed by atoms with Gasteiger partial charge in [-0.2, -0.15) is 8.78 Å². The third-order valence-corrected chi connectivity index (χ3v) is 2.13. The van der Waals surface area contributed by atoms with Crippen LogP contribution < -0.4 is 15.4 Å². The fourth-order valence-corrected chi connectivity index (χ4v) is 1.30. The highest BCUT2D eigenvalue weighted by atomic mass is 19.3. The van der Waals surface area contributed by atoms with E-state index in [2.05, 4.69) is 15.4 Å². The summed E-state index contributed by atoms with van der Waals surface area (Å²) in [5.41, 5.74) is 0.324. The summed E-state index contributed by atoms with van der Waals surface area (Å²) >= 11 is 0. The maximum absolute atomic E-state index is 11.9. The molecule has 0 aliphatic rings. The van der Waals surface area contributed by atoms with E-state index in [4.69, 9.17) is 0 Å². The number of nitrogens with one attached hydrogen (secondary N) is 2. The summed E-state index contributed by atoms with van der Waals surface area (Å²) in [6, 6.07) is 5.33.